The van der Waals surface area contributed by atoms with E-state index in [0.29, 0.717) is 6.54 Å². The van der Waals surface area contributed by atoms with Crippen molar-refractivity contribution in [2.24, 2.45) is 0 Å². The minimum Gasteiger partial charge on any atom is -0.338 e. The Morgan fingerprint density at radius 3 is 2.55 bits per heavy atom. The molecule has 0 spiro atoms. The highest BCUT2D eigenvalue weighted by molar-refractivity contribution is 9.10. The van der Waals surface area contributed by atoms with Gasteiger partial charge < -0.3 is 4.90 Å². The lowest BCUT2D eigenvalue weighted by molar-refractivity contribution is -0.139. The van der Waals surface area contributed by atoms with Crippen LogP contribution < -0.4 is 0 Å². The maximum atomic E-state index is 12.8. The number of aryl methyl sites for hydroxylation is 1. The fraction of sp³-hybridized carbons (Fsp3) is 0.500. The van der Waals surface area contributed by atoms with Gasteiger partial charge in [0.05, 0.1) is 33.6 Å². The second kappa shape index (κ2) is 6.54. The van der Waals surface area contributed by atoms with E-state index in [1.54, 1.807) is 35.2 Å². The molecule has 1 amide bonds. The zero-order chi connectivity index (χ0) is 16.5. The monoisotopic (exact) mass is 431 g/mol. The molecule has 0 N–H and O–H groups in total. The van der Waals surface area contributed by atoms with Crippen LogP contribution in [0.2, 0.25) is 0 Å². The van der Waals surface area contributed by atoms with Gasteiger partial charge in [0.1, 0.15) is 5.54 Å². The smallest absolute Gasteiger partial charge is 0.250 e. The highest BCUT2D eigenvalue weighted by Crippen LogP contribution is 2.23. The molecule has 2 heterocycles. The molecule has 0 aliphatic heterocycles. The van der Waals surface area contributed by atoms with Crippen molar-refractivity contribution in [1.82, 2.24) is 24.5 Å². The fourth-order valence-electron chi connectivity index (χ4n) is 2.29. The molecule has 0 saturated carbocycles. The molecule has 0 saturated heterocycles. The Labute approximate surface area is 146 Å². The van der Waals surface area contributed by atoms with Gasteiger partial charge in [-0.15, -0.1) is 0 Å². The third-order valence-electron chi connectivity index (χ3n) is 3.58. The zero-order valence-corrected chi connectivity index (χ0v) is 16.2. The topological polar surface area (TPSA) is 56.0 Å². The van der Waals surface area contributed by atoms with E-state index in [1.807, 2.05) is 25.5 Å². The Morgan fingerprint density at radius 2 is 2.00 bits per heavy atom. The predicted octanol–water partition coefficient (Wildman–Crippen LogP) is 3.02. The van der Waals surface area contributed by atoms with Crippen molar-refractivity contribution >= 4 is 37.8 Å². The summed E-state index contributed by atoms with van der Waals surface area (Å²) in [6, 6.07) is 0. The first-order valence-electron chi connectivity index (χ1n) is 6.93. The molecule has 2 rings (SSSR count). The highest BCUT2D eigenvalue weighted by Gasteiger charge is 2.33. The molecule has 0 bridgehead atoms. The average molecular weight is 433 g/mol. The summed E-state index contributed by atoms with van der Waals surface area (Å²) in [7, 11) is 1.79. The molecule has 0 aliphatic rings. The van der Waals surface area contributed by atoms with E-state index in [4.69, 9.17) is 0 Å². The SMILES string of the molecule is CCn1ncc(Br)c1CN(C)C(=O)C(C)(C)n1cc(Br)cn1. The summed E-state index contributed by atoms with van der Waals surface area (Å²) < 4.78 is 5.31. The van der Waals surface area contributed by atoms with Crippen molar-refractivity contribution < 1.29 is 4.79 Å². The summed E-state index contributed by atoms with van der Waals surface area (Å²) in [6.07, 6.45) is 5.24. The third kappa shape index (κ3) is 3.27. The Hall–Kier alpha value is -1.15. The van der Waals surface area contributed by atoms with Gasteiger partial charge in [-0.25, -0.2) is 0 Å². The number of carbonyl (C=O) groups is 1. The lowest BCUT2D eigenvalue weighted by Crippen LogP contribution is -2.45. The molecule has 0 aromatic carbocycles. The van der Waals surface area contributed by atoms with Crippen LogP contribution in [0.25, 0.3) is 0 Å². The minimum atomic E-state index is -0.760. The molecule has 22 heavy (non-hydrogen) atoms. The molecule has 0 aliphatic carbocycles. The predicted molar refractivity (Wildman–Crippen MR) is 91.3 cm³/mol. The fourth-order valence-corrected chi connectivity index (χ4v) is 2.99. The molecule has 2 aromatic heterocycles. The number of aromatic nitrogens is 4. The Morgan fingerprint density at radius 1 is 1.32 bits per heavy atom. The van der Waals surface area contributed by atoms with Gasteiger partial charge in [-0.1, -0.05) is 0 Å². The normalized spacial score (nSPS) is 11.7. The van der Waals surface area contributed by atoms with E-state index in [1.165, 1.54) is 0 Å². The lowest BCUT2D eigenvalue weighted by atomic mass is 10.0. The third-order valence-corrected chi connectivity index (χ3v) is 4.65. The number of amides is 1. The molecular weight excluding hydrogens is 414 g/mol. The van der Waals surface area contributed by atoms with E-state index in [0.717, 1.165) is 21.2 Å². The van der Waals surface area contributed by atoms with E-state index < -0.39 is 5.54 Å². The van der Waals surface area contributed by atoms with Crippen LogP contribution in [-0.2, 0) is 23.4 Å². The highest BCUT2D eigenvalue weighted by atomic mass is 79.9. The van der Waals surface area contributed by atoms with E-state index in [9.17, 15) is 4.79 Å². The minimum absolute atomic E-state index is 0.0150. The first kappa shape index (κ1) is 17.2. The molecule has 120 valence electrons. The van der Waals surface area contributed by atoms with Gasteiger partial charge in [-0.3, -0.25) is 14.2 Å². The number of rotatable bonds is 5. The Balaban J connectivity index is 2.20. The molecule has 0 unspecified atom stereocenters. The van der Waals surface area contributed by atoms with E-state index in [2.05, 4.69) is 42.1 Å². The average Bonchev–Trinajstić information content (AvgIpc) is 3.05. The van der Waals surface area contributed by atoms with Gasteiger partial charge in [-0.05, 0) is 52.6 Å². The summed E-state index contributed by atoms with van der Waals surface area (Å²) in [5.74, 6) is -0.0150. The molecule has 0 atom stereocenters. The first-order chi connectivity index (χ1) is 10.3. The summed E-state index contributed by atoms with van der Waals surface area (Å²) in [6.45, 7) is 6.99. The number of hydrogen-bond donors (Lipinski definition) is 0. The van der Waals surface area contributed by atoms with Crippen LogP contribution in [0.15, 0.2) is 27.5 Å². The van der Waals surface area contributed by atoms with Crippen LogP contribution in [0.4, 0.5) is 0 Å². The van der Waals surface area contributed by atoms with Crippen LogP contribution in [0, 0.1) is 0 Å². The second-order valence-electron chi connectivity index (χ2n) is 5.58. The molecular formula is C14H19Br2N5O. The van der Waals surface area contributed by atoms with Gasteiger partial charge in [0.2, 0.25) is 5.91 Å². The number of halogens is 2. The van der Waals surface area contributed by atoms with Crippen molar-refractivity contribution in [1.29, 1.82) is 0 Å². The van der Waals surface area contributed by atoms with Gasteiger partial charge in [0.25, 0.3) is 0 Å². The summed E-state index contributed by atoms with van der Waals surface area (Å²) in [5, 5.41) is 8.51. The number of carbonyl (C=O) groups excluding carboxylic acids is 1. The van der Waals surface area contributed by atoms with E-state index >= 15 is 0 Å². The molecule has 2 aromatic rings. The standard InChI is InChI=1S/C14H19Br2N5O/c1-5-20-12(11(16)7-17-20)9-19(4)13(22)14(2,3)21-8-10(15)6-18-21/h6-8H,5,9H2,1-4H3. The quantitative estimate of drug-likeness (QED) is 0.729. The van der Waals surface area contributed by atoms with Gasteiger partial charge in [0, 0.05) is 19.8 Å². The molecule has 0 fully saturated rings. The van der Waals surface area contributed by atoms with Crippen molar-refractivity contribution in [3.8, 4) is 0 Å². The van der Waals surface area contributed by atoms with Crippen molar-refractivity contribution in [3.63, 3.8) is 0 Å². The van der Waals surface area contributed by atoms with Crippen molar-refractivity contribution in [2.75, 3.05) is 7.05 Å². The largest absolute Gasteiger partial charge is 0.338 e. The summed E-state index contributed by atoms with van der Waals surface area (Å²) >= 11 is 6.85. The summed E-state index contributed by atoms with van der Waals surface area (Å²) in [5.41, 5.74) is 0.223. The number of nitrogens with zero attached hydrogens (tertiary/aromatic N) is 5. The van der Waals surface area contributed by atoms with Crippen LogP contribution in [0.5, 0.6) is 0 Å². The van der Waals surface area contributed by atoms with Gasteiger partial charge in [-0.2, -0.15) is 10.2 Å². The molecule has 8 heteroatoms. The Bertz CT molecular complexity index is 677. The lowest BCUT2D eigenvalue weighted by Gasteiger charge is -2.30. The summed E-state index contributed by atoms with van der Waals surface area (Å²) in [4.78, 5) is 14.5. The maximum absolute atomic E-state index is 12.8. The van der Waals surface area contributed by atoms with Crippen molar-refractivity contribution in [3.05, 3.63) is 33.2 Å². The van der Waals surface area contributed by atoms with Crippen LogP contribution in [0.3, 0.4) is 0 Å². The number of hydrogen-bond acceptors (Lipinski definition) is 3. The molecule has 6 nitrogen and oxygen atoms in total. The zero-order valence-electron chi connectivity index (χ0n) is 13.0. The van der Waals surface area contributed by atoms with Crippen LogP contribution in [-0.4, -0.2) is 37.4 Å². The van der Waals surface area contributed by atoms with Gasteiger partial charge >= 0.3 is 0 Å². The van der Waals surface area contributed by atoms with Crippen LogP contribution in [0.1, 0.15) is 26.5 Å². The van der Waals surface area contributed by atoms with Crippen molar-refractivity contribution in [2.45, 2.75) is 39.4 Å². The Kier molecular flexibility index (Phi) is 5.11. The first-order valence-corrected chi connectivity index (χ1v) is 8.52. The maximum Gasteiger partial charge on any atom is 0.250 e. The van der Waals surface area contributed by atoms with Gasteiger partial charge in [0.15, 0.2) is 0 Å². The molecule has 0 radical (unpaired) electrons. The van der Waals surface area contributed by atoms with Crippen LogP contribution >= 0.6 is 31.9 Å². The number of likely N-dealkylation sites (N-methyl/N-ethyl adjacent to an activating group) is 1. The van der Waals surface area contributed by atoms with E-state index in [-0.39, 0.29) is 5.91 Å². The second-order valence-corrected chi connectivity index (χ2v) is 7.35.